The summed E-state index contributed by atoms with van der Waals surface area (Å²) in [5, 5.41) is 1.98. The third-order valence-electron chi connectivity index (χ3n) is 5.58. The summed E-state index contributed by atoms with van der Waals surface area (Å²) in [6.07, 6.45) is 0.742. The molecule has 1 N–H and O–H groups in total. The Morgan fingerprint density at radius 1 is 1.24 bits per heavy atom. The van der Waals surface area contributed by atoms with Crippen molar-refractivity contribution in [2.75, 3.05) is 29.8 Å². The summed E-state index contributed by atoms with van der Waals surface area (Å²) in [6.45, 7) is 1.64. The van der Waals surface area contributed by atoms with Crippen molar-refractivity contribution < 1.29 is 17.2 Å². The van der Waals surface area contributed by atoms with Crippen LogP contribution in [0.1, 0.15) is 12.0 Å². The predicted molar refractivity (Wildman–Crippen MR) is 128 cm³/mol. The second-order valence-electron chi connectivity index (χ2n) is 7.70. The molecule has 0 saturated carbocycles. The Labute approximate surface area is 204 Å². The van der Waals surface area contributed by atoms with Gasteiger partial charge in [0.2, 0.25) is 0 Å². The Balaban J connectivity index is 1.50. The van der Waals surface area contributed by atoms with Gasteiger partial charge in [-0.1, -0.05) is 29.3 Å². The van der Waals surface area contributed by atoms with Gasteiger partial charge in [0.05, 0.1) is 16.2 Å². The predicted octanol–water partition coefficient (Wildman–Crippen LogP) is 5.24. The third kappa shape index (κ3) is 5.25. The first kappa shape index (κ1) is 24.2. The summed E-state index contributed by atoms with van der Waals surface area (Å²) in [6, 6.07) is 6.79. The van der Waals surface area contributed by atoms with E-state index in [1.165, 1.54) is 28.3 Å². The average molecular weight is 533 g/mol. The summed E-state index contributed by atoms with van der Waals surface area (Å²) < 4.78 is 56.4. The number of nitrogens with zero attached hydrogens (tertiary/aromatic N) is 3. The Kier molecular flexibility index (Phi) is 7.11. The highest BCUT2D eigenvalue weighted by Crippen LogP contribution is 2.34. The second kappa shape index (κ2) is 9.71. The fourth-order valence-electron chi connectivity index (χ4n) is 3.83. The van der Waals surface area contributed by atoms with E-state index in [4.69, 9.17) is 23.2 Å². The molecule has 0 spiro atoms. The number of hydrogen-bond donors (Lipinski definition) is 1. The Morgan fingerprint density at radius 3 is 2.73 bits per heavy atom. The van der Waals surface area contributed by atoms with E-state index in [1.54, 1.807) is 19.2 Å². The minimum Gasteiger partial charge on any atom is -0.369 e. The summed E-state index contributed by atoms with van der Waals surface area (Å²) in [4.78, 5) is 7.18. The van der Waals surface area contributed by atoms with Crippen LogP contribution in [0, 0.1) is 11.6 Å². The molecule has 1 saturated heterocycles. The van der Waals surface area contributed by atoms with Crippen LogP contribution >= 0.6 is 34.5 Å². The molecule has 3 aromatic rings. The largest absolute Gasteiger partial charge is 0.369 e. The van der Waals surface area contributed by atoms with Crippen molar-refractivity contribution in [3.63, 3.8) is 0 Å². The normalized spacial score (nSPS) is 16.8. The van der Waals surface area contributed by atoms with Crippen molar-refractivity contribution in [1.29, 1.82) is 0 Å². The number of halogens is 4. The minimum atomic E-state index is -4.19. The molecule has 0 radical (unpaired) electrons. The molecule has 4 rings (SSSR count). The lowest BCUT2D eigenvalue weighted by Crippen LogP contribution is -2.35. The molecular formula is C21H20Cl2F2N4O2S2. The van der Waals surface area contributed by atoms with Gasteiger partial charge in [0.15, 0.2) is 5.82 Å². The van der Waals surface area contributed by atoms with Crippen molar-refractivity contribution in [2.24, 2.45) is 0 Å². The average Bonchev–Trinajstić information content (AvgIpc) is 3.43. The SMILES string of the molecule is CN(c1cc(F)c(S(=O)(=O)Nc2cscn2)cc1Cl)[C@H]1CCN(Cc2c(F)cccc2Cl)C1. The first-order valence-corrected chi connectivity index (χ1v) is 13.1. The number of anilines is 2. The maximum Gasteiger partial charge on any atom is 0.266 e. The fraction of sp³-hybridized carbons (Fsp3) is 0.286. The van der Waals surface area contributed by atoms with E-state index in [0.717, 1.165) is 18.6 Å². The zero-order chi connectivity index (χ0) is 23.8. The molecule has 0 unspecified atom stereocenters. The van der Waals surface area contributed by atoms with E-state index < -0.39 is 20.7 Å². The number of thiazole rings is 1. The molecule has 2 heterocycles. The monoisotopic (exact) mass is 532 g/mol. The zero-order valence-electron chi connectivity index (χ0n) is 17.4. The second-order valence-corrected chi connectivity index (χ2v) is 10.9. The number of likely N-dealkylation sites (N-methyl/N-ethyl adjacent to an activating group) is 1. The lowest BCUT2D eigenvalue weighted by atomic mass is 10.2. The van der Waals surface area contributed by atoms with Gasteiger partial charge in [-0.15, -0.1) is 11.3 Å². The number of benzene rings is 2. The van der Waals surface area contributed by atoms with Crippen molar-refractivity contribution in [1.82, 2.24) is 9.88 Å². The summed E-state index contributed by atoms with van der Waals surface area (Å²) in [7, 11) is -2.42. The van der Waals surface area contributed by atoms with E-state index in [-0.39, 0.29) is 22.7 Å². The number of likely N-dealkylation sites (tertiary alicyclic amines) is 1. The van der Waals surface area contributed by atoms with Gasteiger partial charge in [-0.05, 0) is 24.6 Å². The molecule has 1 aliphatic heterocycles. The number of rotatable bonds is 7. The first-order valence-electron chi connectivity index (χ1n) is 9.94. The zero-order valence-corrected chi connectivity index (χ0v) is 20.6. The molecule has 12 heteroatoms. The molecule has 0 aliphatic carbocycles. The van der Waals surface area contributed by atoms with Gasteiger partial charge >= 0.3 is 0 Å². The van der Waals surface area contributed by atoms with Crippen molar-refractivity contribution in [3.05, 3.63) is 68.5 Å². The maximum atomic E-state index is 14.9. The smallest absolute Gasteiger partial charge is 0.266 e. The maximum absolute atomic E-state index is 14.9. The quantitative estimate of drug-likeness (QED) is 0.450. The van der Waals surface area contributed by atoms with E-state index >= 15 is 0 Å². The molecule has 1 atom stereocenters. The lowest BCUT2D eigenvalue weighted by Gasteiger charge is -2.28. The van der Waals surface area contributed by atoms with Crippen molar-refractivity contribution in [3.8, 4) is 0 Å². The highest BCUT2D eigenvalue weighted by atomic mass is 35.5. The Bertz CT molecular complexity index is 1240. The van der Waals surface area contributed by atoms with Gasteiger partial charge in [-0.2, -0.15) is 0 Å². The molecule has 2 aromatic carbocycles. The Morgan fingerprint density at radius 2 is 2.03 bits per heavy atom. The summed E-state index contributed by atoms with van der Waals surface area (Å²) >= 11 is 13.7. The van der Waals surface area contributed by atoms with Gasteiger partial charge < -0.3 is 4.90 Å². The van der Waals surface area contributed by atoms with E-state index in [1.807, 2.05) is 4.90 Å². The van der Waals surface area contributed by atoms with Crippen molar-refractivity contribution >= 4 is 56.1 Å². The molecule has 0 bridgehead atoms. The molecule has 1 fully saturated rings. The van der Waals surface area contributed by atoms with Crippen molar-refractivity contribution in [2.45, 2.75) is 23.9 Å². The standard InChI is InChI=1S/C21H20Cl2F2N4O2S2/c1-28(13-5-6-29(9-13)10-14-15(22)3-2-4-17(14)24)19-8-18(25)20(7-16(19)23)33(30,31)27-21-11-32-12-26-21/h2-4,7-8,11-13,27H,5-6,9-10H2,1H3/t13-/m0/s1. The minimum absolute atomic E-state index is 0.0250. The molecule has 1 aromatic heterocycles. The number of nitrogens with one attached hydrogen (secondary N) is 1. The highest BCUT2D eigenvalue weighted by Gasteiger charge is 2.30. The Hall–Kier alpha value is -1.98. The van der Waals surface area contributed by atoms with Gasteiger partial charge in [0.25, 0.3) is 10.0 Å². The number of hydrogen-bond acceptors (Lipinski definition) is 6. The third-order valence-corrected chi connectivity index (χ3v) is 8.19. The van der Waals surface area contributed by atoms with E-state index in [9.17, 15) is 17.2 Å². The van der Waals surface area contributed by atoms with Crippen LogP contribution in [0.3, 0.4) is 0 Å². The lowest BCUT2D eigenvalue weighted by molar-refractivity contribution is 0.320. The van der Waals surface area contributed by atoms with Crippen LogP contribution < -0.4 is 9.62 Å². The molecular weight excluding hydrogens is 513 g/mol. The van der Waals surface area contributed by atoms with Gasteiger partial charge in [-0.3, -0.25) is 9.62 Å². The molecule has 6 nitrogen and oxygen atoms in total. The van der Waals surface area contributed by atoms with Crippen LogP contribution in [-0.4, -0.2) is 44.5 Å². The van der Waals surface area contributed by atoms with Crippen LogP contribution in [-0.2, 0) is 16.6 Å². The fourth-order valence-corrected chi connectivity index (χ4v) is 6.05. The van der Waals surface area contributed by atoms with Gasteiger partial charge in [0, 0.05) is 54.8 Å². The molecule has 0 amide bonds. The van der Waals surface area contributed by atoms with Gasteiger partial charge in [0.1, 0.15) is 16.5 Å². The van der Waals surface area contributed by atoms with Gasteiger partial charge in [-0.25, -0.2) is 22.2 Å². The topological polar surface area (TPSA) is 65.5 Å². The summed E-state index contributed by atoms with van der Waals surface area (Å²) in [5.74, 6) is -1.16. The molecule has 33 heavy (non-hydrogen) atoms. The number of sulfonamides is 1. The van der Waals surface area contributed by atoms with Crippen LogP contribution in [0.25, 0.3) is 0 Å². The van der Waals surface area contributed by atoms with Crippen LogP contribution in [0.15, 0.2) is 46.1 Å². The number of aromatic nitrogens is 1. The van der Waals surface area contributed by atoms with Crippen LogP contribution in [0.2, 0.25) is 10.0 Å². The molecule has 176 valence electrons. The van der Waals surface area contributed by atoms with E-state index in [2.05, 4.69) is 14.6 Å². The summed E-state index contributed by atoms with van der Waals surface area (Å²) in [5.41, 5.74) is 2.27. The highest BCUT2D eigenvalue weighted by molar-refractivity contribution is 7.92. The first-order chi connectivity index (χ1) is 15.7. The van der Waals surface area contributed by atoms with E-state index in [0.29, 0.717) is 35.9 Å². The van der Waals surface area contributed by atoms with Crippen LogP contribution in [0.5, 0.6) is 0 Å². The van der Waals surface area contributed by atoms with Crippen LogP contribution in [0.4, 0.5) is 20.3 Å². The molecule has 1 aliphatic rings.